The van der Waals surface area contributed by atoms with Crippen LogP contribution in [0.15, 0.2) is 53.6 Å². The van der Waals surface area contributed by atoms with Crippen LogP contribution in [0.1, 0.15) is 11.1 Å². The van der Waals surface area contributed by atoms with E-state index in [2.05, 4.69) is 14.7 Å². The normalized spacial score (nSPS) is 11.0. The Morgan fingerprint density at radius 1 is 1.21 bits per heavy atom. The van der Waals surface area contributed by atoms with Crippen LogP contribution in [0.25, 0.3) is 21.5 Å². The molecule has 8 heteroatoms. The summed E-state index contributed by atoms with van der Waals surface area (Å²) in [6.07, 6.45) is 1.39. The molecule has 2 aromatic carbocycles. The second-order valence-electron chi connectivity index (χ2n) is 6.77. The van der Waals surface area contributed by atoms with Gasteiger partial charge in [0, 0.05) is 16.3 Å². The van der Waals surface area contributed by atoms with E-state index in [0.717, 1.165) is 28.2 Å². The van der Waals surface area contributed by atoms with Crippen LogP contribution < -0.4 is 10.9 Å². The number of aromatic nitrogens is 3. The molecular weight excluding hydrogens is 408 g/mol. The van der Waals surface area contributed by atoms with E-state index in [1.165, 1.54) is 10.9 Å². The molecule has 0 aliphatic rings. The monoisotopic (exact) mass is 424 g/mol. The van der Waals surface area contributed by atoms with Crippen LogP contribution in [0.3, 0.4) is 0 Å². The highest BCUT2D eigenvalue weighted by atomic mass is 35.5. The molecule has 0 fully saturated rings. The van der Waals surface area contributed by atoms with Crippen molar-refractivity contribution in [3.8, 4) is 11.3 Å². The highest BCUT2D eigenvalue weighted by molar-refractivity contribution is 7.13. The maximum absolute atomic E-state index is 12.8. The summed E-state index contributed by atoms with van der Waals surface area (Å²) in [5.41, 5.74) is 4.45. The van der Waals surface area contributed by atoms with Crippen LogP contribution in [0.4, 0.5) is 5.69 Å². The van der Waals surface area contributed by atoms with E-state index in [1.54, 1.807) is 12.1 Å². The van der Waals surface area contributed by atoms with E-state index in [1.807, 2.05) is 44.2 Å². The van der Waals surface area contributed by atoms with Gasteiger partial charge in [-0.25, -0.2) is 4.98 Å². The maximum Gasteiger partial charge on any atom is 0.273 e. The summed E-state index contributed by atoms with van der Waals surface area (Å²) in [5, 5.41) is 3.31. The third-order valence-corrected chi connectivity index (χ3v) is 5.74. The molecule has 0 radical (unpaired) electrons. The number of amides is 1. The third-order valence-electron chi connectivity index (χ3n) is 4.51. The number of nitrogens with zero attached hydrogens (tertiary/aromatic N) is 3. The number of nitrogens with one attached hydrogen (secondary N) is 1. The number of fused-ring (bicyclic) bond motifs is 1. The first-order chi connectivity index (χ1) is 13.9. The van der Waals surface area contributed by atoms with E-state index in [-0.39, 0.29) is 18.0 Å². The zero-order valence-electron chi connectivity index (χ0n) is 15.8. The number of halogens is 1. The summed E-state index contributed by atoms with van der Waals surface area (Å²) in [7, 11) is 0. The standard InChI is InChI=1S/C21H17ClN4O2S/c1-12-4-3-5-14(8-12)18-19-20(29-25-18)21(28)26(11-23-19)10-17(27)24-15-7-6-13(2)16(22)9-15/h3-9,11H,10H2,1-2H3,(H,24,27). The highest BCUT2D eigenvalue weighted by Crippen LogP contribution is 2.27. The Bertz CT molecular complexity index is 1300. The van der Waals surface area contributed by atoms with Gasteiger partial charge in [0.2, 0.25) is 5.91 Å². The summed E-state index contributed by atoms with van der Waals surface area (Å²) < 4.78 is 6.13. The maximum atomic E-state index is 12.8. The summed E-state index contributed by atoms with van der Waals surface area (Å²) >= 11 is 7.18. The third kappa shape index (κ3) is 3.92. The van der Waals surface area contributed by atoms with Crippen molar-refractivity contribution in [1.82, 2.24) is 13.9 Å². The number of hydrogen-bond donors (Lipinski definition) is 1. The van der Waals surface area contributed by atoms with Gasteiger partial charge in [-0.1, -0.05) is 41.4 Å². The minimum atomic E-state index is -0.336. The van der Waals surface area contributed by atoms with E-state index < -0.39 is 0 Å². The Morgan fingerprint density at radius 3 is 2.79 bits per heavy atom. The van der Waals surface area contributed by atoms with Crippen LogP contribution in [-0.2, 0) is 11.3 Å². The summed E-state index contributed by atoms with van der Waals surface area (Å²) in [5.74, 6) is -0.336. The van der Waals surface area contributed by atoms with Crippen molar-refractivity contribution < 1.29 is 4.79 Å². The van der Waals surface area contributed by atoms with Gasteiger partial charge in [-0.2, -0.15) is 4.37 Å². The van der Waals surface area contributed by atoms with Gasteiger partial charge in [-0.3, -0.25) is 14.2 Å². The Labute approximate surface area is 176 Å². The van der Waals surface area contributed by atoms with E-state index in [0.29, 0.717) is 26.6 Å². The molecule has 0 unspecified atom stereocenters. The molecule has 2 aromatic heterocycles. The first kappa shape index (κ1) is 19.3. The number of aryl methyl sites for hydroxylation is 2. The van der Waals surface area contributed by atoms with Crippen LogP contribution in [0.5, 0.6) is 0 Å². The average Bonchev–Trinajstić information content (AvgIpc) is 3.12. The fourth-order valence-electron chi connectivity index (χ4n) is 2.98. The van der Waals surface area contributed by atoms with E-state index >= 15 is 0 Å². The Morgan fingerprint density at radius 2 is 2.03 bits per heavy atom. The number of carbonyl (C=O) groups excluding carboxylic acids is 1. The molecule has 0 spiro atoms. The molecular formula is C21H17ClN4O2S. The predicted octanol–water partition coefficient (Wildman–Crippen LogP) is 4.43. The highest BCUT2D eigenvalue weighted by Gasteiger charge is 2.16. The van der Waals surface area contributed by atoms with Gasteiger partial charge < -0.3 is 5.32 Å². The van der Waals surface area contributed by atoms with Crippen molar-refractivity contribution in [3.63, 3.8) is 0 Å². The summed E-state index contributed by atoms with van der Waals surface area (Å²) in [4.78, 5) is 29.6. The average molecular weight is 425 g/mol. The zero-order chi connectivity index (χ0) is 20.5. The number of carbonyl (C=O) groups is 1. The van der Waals surface area contributed by atoms with Crippen molar-refractivity contribution in [3.05, 3.63) is 75.3 Å². The van der Waals surface area contributed by atoms with Crippen molar-refractivity contribution >= 4 is 44.9 Å². The molecule has 29 heavy (non-hydrogen) atoms. The molecule has 6 nitrogen and oxygen atoms in total. The largest absolute Gasteiger partial charge is 0.324 e. The molecule has 2 heterocycles. The first-order valence-electron chi connectivity index (χ1n) is 8.90. The Balaban J connectivity index is 1.60. The quantitative estimate of drug-likeness (QED) is 0.525. The zero-order valence-corrected chi connectivity index (χ0v) is 17.3. The molecule has 0 aliphatic heterocycles. The second kappa shape index (κ2) is 7.77. The Hall–Kier alpha value is -3.03. The van der Waals surface area contributed by atoms with Gasteiger partial charge in [0.1, 0.15) is 22.5 Å². The van der Waals surface area contributed by atoms with Gasteiger partial charge in [0.25, 0.3) is 5.56 Å². The molecule has 0 saturated carbocycles. The lowest BCUT2D eigenvalue weighted by atomic mass is 10.1. The van der Waals surface area contributed by atoms with Crippen LogP contribution >= 0.6 is 23.1 Å². The van der Waals surface area contributed by atoms with Crippen LogP contribution in [0, 0.1) is 13.8 Å². The number of anilines is 1. The van der Waals surface area contributed by atoms with Crippen molar-refractivity contribution in [2.45, 2.75) is 20.4 Å². The fourth-order valence-corrected chi connectivity index (χ4v) is 3.96. The first-order valence-corrected chi connectivity index (χ1v) is 10.1. The number of benzene rings is 2. The van der Waals surface area contributed by atoms with E-state index in [9.17, 15) is 9.59 Å². The fraction of sp³-hybridized carbons (Fsp3) is 0.143. The minimum absolute atomic E-state index is 0.148. The lowest BCUT2D eigenvalue weighted by Crippen LogP contribution is -2.27. The van der Waals surface area contributed by atoms with Crippen molar-refractivity contribution in [1.29, 1.82) is 0 Å². The smallest absolute Gasteiger partial charge is 0.273 e. The van der Waals surface area contributed by atoms with Crippen molar-refractivity contribution in [2.75, 3.05) is 5.32 Å². The molecule has 0 atom stereocenters. The summed E-state index contributed by atoms with van der Waals surface area (Å²) in [6, 6.07) is 13.1. The minimum Gasteiger partial charge on any atom is -0.324 e. The molecule has 0 aliphatic carbocycles. The topological polar surface area (TPSA) is 76.9 Å². The molecule has 0 saturated heterocycles. The van der Waals surface area contributed by atoms with Crippen molar-refractivity contribution in [2.24, 2.45) is 0 Å². The van der Waals surface area contributed by atoms with Gasteiger partial charge in [-0.15, -0.1) is 0 Å². The molecule has 1 amide bonds. The SMILES string of the molecule is Cc1cccc(-c2nsc3c(=O)n(CC(=O)Nc4ccc(C)c(Cl)c4)cnc23)c1. The van der Waals surface area contributed by atoms with Crippen LogP contribution in [-0.4, -0.2) is 19.8 Å². The number of rotatable bonds is 4. The molecule has 146 valence electrons. The molecule has 4 rings (SSSR count). The van der Waals surface area contributed by atoms with E-state index in [4.69, 9.17) is 11.6 Å². The van der Waals surface area contributed by atoms with Gasteiger partial charge in [-0.05, 0) is 49.1 Å². The lowest BCUT2D eigenvalue weighted by molar-refractivity contribution is -0.116. The molecule has 0 bridgehead atoms. The molecule has 1 N–H and O–H groups in total. The predicted molar refractivity (Wildman–Crippen MR) is 117 cm³/mol. The second-order valence-corrected chi connectivity index (χ2v) is 7.95. The van der Waals surface area contributed by atoms with Crippen LogP contribution in [0.2, 0.25) is 5.02 Å². The van der Waals surface area contributed by atoms with Gasteiger partial charge in [0.15, 0.2) is 0 Å². The summed E-state index contributed by atoms with van der Waals surface area (Å²) in [6.45, 7) is 3.73. The Kier molecular flexibility index (Phi) is 5.17. The lowest BCUT2D eigenvalue weighted by Gasteiger charge is -2.08. The molecule has 4 aromatic rings. The number of hydrogen-bond acceptors (Lipinski definition) is 5. The van der Waals surface area contributed by atoms with Gasteiger partial charge >= 0.3 is 0 Å². The van der Waals surface area contributed by atoms with Gasteiger partial charge in [0.05, 0.1) is 6.33 Å².